The molecule has 0 bridgehead atoms. The fraction of sp³-hybridized carbons (Fsp3) is 0.188. The highest BCUT2D eigenvalue weighted by Gasteiger charge is 2.10. The highest BCUT2D eigenvalue weighted by Crippen LogP contribution is 2.27. The van der Waals surface area contributed by atoms with Gasteiger partial charge in [-0.1, -0.05) is 18.2 Å². The van der Waals surface area contributed by atoms with Gasteiger partial charge in [-0.25, -0.2) is 0 Å². The van der Waals surface area contributed by atoms with Gasteiger partial charge in [0.2, 0.25) is 0 Å². The first kappa shape index (κ1) is 12.9. The van der Waals surface area contributed by atoms with Crippen molar-refractivity contribution in [3.05, 3.63) is 52.8 Å². The molecule has 0 amide bonds. The van der Waals surface area contributed by atoms with E-state index in [9.17, 15) is 0 Å². The van der Waals surface area contributed by atoms with Gasteiger partial charge in [0.25, 0.3) is 0 Å². The summed E-state index contributed by atoms with van der Waals surface area (Å²) >= 11 is 5.47. The molecule has 0 saturated heterocycles. The first-order valence-corrected chi connectivity index (χ1v) is 7.05. The van der Waals surface area contributed by atoms with Gasteiger partial charge in [-0.15, -0.1) is 0 Å². The number of hydrogen-bond donors (Lipinski definition) is 1. The minimum atomic E-state index is 0.654. The van der Waals surface area contributed by atoms with E-state index in [2.05, 4.69) is 11.9 Å². The number of para-hydroxylation sites is 1. The minimum Gasteiger partial charge on any atom is -0.494 e. The van der Waals surface area contributed by atoms with Crippen LogP contribution in [-0.4, -0.2) is 16.2 Å². The molecule has 2 aromatic carbocycles. The Morgan fingerprint density at radius 1 is 1.20 bits per heavy atom. The summed E-state index contributed by atoms with van der Waals surface area (Å²) in [6.45, 7) is 4.70. The Balaban J connectivity index is 2.32. The van der Waals surface area contributed by atoms with Crippen LogP contribution in [0.2, 0.25) is 0 Å². The van der Waals surface area contributed by atoms with Crippen LogP contribution < -0.4 is 4.74 Å². The summed E-state index contributed by atoms with van der Waals surface area (Å²) in [5, 5.41) is 0. The topological polar surface area (TPSA) is 29.9 Å². The number of ether oxygens (including phenoxy) is 1. The van der Waals surface area contributed by atoms with Crippen LogP contribution in [0.3, 0.4) is 0 Å². The Morgan fingerprint density at radius 3 is 2.65 bits per heavy atom. The van der Waals surface area contributed by atoms with Crippen molar-refractivity contribution in [2.45, 2.75) is 13.8 Å². The molecule has 0 aliphatic rings. The molecule has 0 spiro atoms. The second-order valence-electron chi connectivity index (χ2n) is 4.67. The number of fused-ring (bicyclic) bond motifs is 1. The third-order valence-electron chi connectivity index (χ3n) is 3.29. The maximum absolute atomic E-state index is 5.63. The van der Waals surface area contributed by atoms with Crippen molar-refractivity contribution >= 4 is 23.3 Å². The van der Waals surface area contributed by atoms with E-state index in [1.54, 1.807) is 0 Å². The number of imidazole rings is 1. The highest BCUT2D eigenvalue weighted by atomic mass is 32.1. The highest BCUT2D eigenvalue weighted by molar-refractivity contribution is 7.71. The Hall–Kier alpha value is -2.07. The molecule has 1 heterocycles. The summed E-state index contributed by atoms with van der Waals surface area (Å²) in [4.78, 5) is 3.29. The van der Waals surface area contributed by atoms with Crippen LogP contribution in [0.4, 0.5) is 0 Å². The molecule has 0 unspecified atom stereocenters. The van der Waals surface area contributed by atoms with E-state index in [0.717, 1.165) is 28.0 Å². The third kappa shape index (κ3) is 2.12. The van der Waals surface area contributed by atoms with Gasteiger partial charge < -0.3 is 9.72 Å². The molecule has 3 rings (SSSR count). The molecule has 3 nitrogen and oxygen atoms in total. The summed E-state index contributed by atoms with van der Waals surface area (Å²) in [6, 6.07) is 14.2. The summed E-state index contributed by atoms with van der Waals surface area (Å²) in [5.41, 5.74) is 4.29. The standard InChI is InChI=1S/C16H16N2OS/c1-3-19-13-9-11(2)15-14(10-13)18(16(20)17-15)12-7-5-4-6-8-12/h4-10H,3H2,1-2H3,(H,17,20). The van der Waals surface area contributed by atoms with Gasteiger partial charge >= 0.3 is 0 Å². The molecule has 1 aromatic heterocycles. The molecule has 1 N–H and O–H groups in total. The first-order valence-electron chi connectivity index (χ1n) is 6.64. The van der Waals surface area contributed by atoms with Crippen LogP contribution in [0.5, 0.6) is 5.75 Å². The SMILES string of the molecule is CCOc1cc(C)c2[nH]c(=S)n(-c3ccccc3)c2c1. The lowest BCUT2D eigenvalue weighted by molar-refractivity contribution is 0.340. The van der Waals surface area contributed by atoms with E-state index in [-0.39, 0.29) is 0 Å². The lowest BCUT2D eigenvalue weighted by atomic mass is 10.2. The average molecular weight is 284 g/mol. The lowest BCUT2D eigenvalue weighted by Gasteiger charge is -2.08. The zero-order chi connectivity index (χ0) is 14.1. The van der Waals surface area contributed by atoms with Crippen molar-refractivity contribution in [1.82, 2.24) is 9.55 Å². The Bertz CT molecular complexity index is 802. The smallest absolute Gasteiger partial charge is 0.182 e. The van der Waals surface area contributed by atoms with Crippen molar-refractivity contribution in [2.24, 2.45) is 0 Å². The number of H-pyrrole nitrogens is 1. The van der Waals surface area contributed by atoms with E-state index >= 15 is 0 Å². The number of aryl methyl sites for hydroxylation is 1. The Morgan fingerprint density at radius 2 is 1.95 bits per heavy atom. The van der Waals surface area contributed by atoms with Gasteiger partial charge in [-0.3, -0.25) is 4.57 Å². The number of rotatable bonds is 3. The molecule has 0 aliphatic heterocycles. The second kappa shape index (κ2) is 5.13. The summed E-state index contributed by atoms with van der Waals surface area (Å²) in [6.07, 6.45) is 0. The van der Waals surface area contributed by atoms with E-state index in [0.29, 0.717) is 11.4 Å². The van der Waals surface area contributed by atoms with Crippen molar-refractivity contribution in [3.8, 4) is 11.4 Å². The van der Waals surface area contributed by atoms with Crippen LogP contribution in [0.1, 0.15) is 12.5 Å². The molecule has 3 aromatic rings. The normalized spacial score (nSPS) is 10.9. The molecule has 0 fully saturated rings. The molecular weight excluding hydrogens is 268 g/mol. The van der Waals surface area contributed by atoms with Crippen LogP contribution in [0.25, 0.3) is 16.7 Å². The first-order chi connectivity index (χ1) is 9.70. The fourth-order valence-corrected chi connectivity index (χ4v) is 2.74. The van der Waals surface area contributed by atoms with E-state index in [1.807, 2.05) is 54.0 Å². The Labute approximate surface area is 122 Å². The van der Waals surface area contributed by atoms with Crippen molar-refractivity contribution < 1.29 is 4.74 Å². The van der Waals surface area contributed by atoms with Crippen LogP contribution in [0, 0.1) is 11.7 Å². The predicted octanol–water partition coefficient (Wildman–Crippen LogP) is 4.40. The van der Waals surface area contributed by atoms with Gasteiger partial charge in [0, 0.05) is 11.8 Å². The molecule has 0 aliphatic carbocycles. The maximum atomic E-state index is 5.63. The Kier molecular flexibility index (Phi) is 3.32. The predicted molar refractivity (Wildman–Crippen MR) is 84.4 cm³/mol. The minimum absolute atomic E-state index is 0.654. The largest absolute Gasteiger partial charge is 0.494 e. The summed E-state index contributed by atoms with van der Waals surface area (Å²) < 4.78 is 8.37. The average Bonchev–Trinajstić information content (AvgIpc) is 2.77. The number of aromatic amines is 1. The van der Waals surface area contributed by atoms with E-state index in [1.165, 1.54) is 0 Å². The van der Waals surface area contributed by atoms with Gasteiger partial charge in [0.15, 0.2) is 4.77 Å². The molecule has 4 heteroatoms. The lowest BCUT2D eigenvalue weighted by Crippen LogP contribution is -1.95. The van der Waals surface area contributed by atoms with Crippen molar-refractivity contribution in [2.75, 3.05) is 6.61 Å². The molecule has 0 radical (unpaired) electrons. The van der Waals surface area contributed by atoms with Gasteiger partial charge in [0.1, 0.15) is 5.75 Å². The third-order valence-corrected chi connectivity index (χ3v) is 3.57. The van der Waals surface area contributed by atoms with Crippen LogP contribution in [-0.2, 0) is 0 Å². The molecule has 0 saturated carbocycles. The maximum Gasteiger partial charge on any atom is 0.182 e. The fourth-order valence-electron chi connectivity index (χ4n) is 2.43. The summed E-state index contributed by atoms with van der Waals surface area (Å²) in [5.74, 6) is 0.871. The van der Waals surface area contributed by atoms with Crippen molar-refractivity contribution in [3.63, 3.8) is 0 Å². The zero-order valence-electron chi connectivity index (χ0n) is 11.5. The van der Waals surface area contributed by atoms with E-state index in [4.69, 9.17) is 17.0 Å². The quantitative estimate of drug-likeness (QED) is 0.723. The zero-order valence-corrected chi connectivity index (χ0v) is 12.3. The van der Waals surface area contributed by atoms with Gasteiger partial charge in [-0.2, -0.15) is 0 Å². The summed E-state index contributed by atoms with van der Waals surface area (Å²) in [7, 11) is 0. The number of nitrogens with one attached hydrogen (secondary N) is 1. The van der Waals surface area contributed by atoms with Crippen molar-refractivity contribution in [1.29, 1.82) is 0 Å². The molecule has 20 heavy (non-hydrogen) atoms. The van der Waals surface area contributed by atoms with Gasteiger partial charge in [-0.05, 0) is 49.8 Å². The monoisotopic (exact) mass is 284 g/mol. The van der Waals surface area contributed by atoms with Gasteiger partial charge in [0.05, 0.1) is 17.6 Å². The van der Waals surface area contributed by atoms with Crippen LogP contribution >= 0.6 is 12.2 Å². The number of nitrogens with zero attached hydrogens (tertiary/aromatic N) is 1. The molecule has 0 atom stereocenters. The number of benzene rings is 2. The van der Waals surface area contributed by atoms with E-state index < -0.39 is 0 Å². The molecular formula is C16H16N2OS. The number of hydrogen-bond acceptors (Lipinski definition) is 2. The second-order valence-corrected chi connectivity index (χ2v) is 5.06. The number of aromatic nitrogens is 2. The molecule has 102 valence electrons. The van der Waals surface area contributed by atoms with Crippen LogP contribution in [0.15, 0.2) is 42.5 Å².